The van der Waals surface area contributed by atoms with Crippen molar-refractivity contribution in [2.45, 2.75) is 32.6 Å². The van der Waals surface area contributed by atoms with Gasteiger partial charge in [0.05, 0.1) is 13.0 Å². The van der Waals surface area contributed by atoms with Crippen molar-refractivity contribution in [3.63, 3.8) is 0 Å². The van der Waals surface area contributed by atoms with Gasteiger partial charge in [0.25, 0.3) is 0 Å². The molecular weight excluding hydrogens is 242 g/mol. The molecule has 19 heavy (non-hydrogen) atoms. The quantitative estimate of drug-likeness (QED) is 0.776. The monoisotopic (exact) mass is 263 g/mol. The zero-order valence-electron chi connectivity index (χ0n) is 11.6. The summed E-state index contributed by atoms with van der Waals surface area (Å²) >= 11 is 0. The second-order valence-corrected chi connectivity index (χ2v) is 4.90. The first-order valence-corrected chi connectivity index (χ1v) is 6.88. The van der Waals surface area contributed by atoms with Gasteiger partial charge in [0, 0.05) is 24.8 Å². The maximum absolute atomic E-state index is 11.5. The Bertz CT molecular complexity index is 428. The Kier molecular flexibility index (Phi) is 4.71. The van der Waals surface area contributed by atoms with Crippen LogP contribution in [0, 0.1) is 5.92 Å². The zero-order chi connectivity index (χ0) is 13.7. The van der Waals surface area contributed by atoms with E-state index in [1.165, 1.54) is 7.11 Å². The lowest BCUT2D eigenvalue weighted by molar-refractivity contribution is -0.146. The lowest BCUT2D eigenvalue weighted by Crippen LogP contribution is -2.37. The molecule has 5 nitrogen and oxygen atoms in total. The van der Waals surface area contributed by atoms with Gasteiger partial charge in [-0.15, -0.1) is 0 Å². The van der Waals surface area contributed by atoms with Crippen LogP contribution in [0.5, 0.6) is 0 Å². The van der Waals surface area contributed by atoms with Crippen molar-refractivity contribution in [2.75, 3.05) is 25.1 Å². The first-order chi connectivity index (χ1) is 9.24. The average Bonchev–Trinajstić information content (AvgIpc) is 2.47. The van der Waals surface area contributed by atoms with Crippen LogP contribution in [-0.4, -0.2) is 36.1 Å². The zero-order valence-corrected chi connectivity index (χ0v) is 11.6. The molecule has 1 aliphatic rings. The van der Waals surface area contributed by atoms with E-state index < -0.39 is 0 Å². The van der Waals surface area contributed by atoms with E-state index in [0.29, 0.717) is 0 Å². The first kappa shape index (κ1) is 13.8. The van der Waals surface area contributed by atoms with Crippen molar-refractivity contribution in [1.29, 1.82) is 0 Å². The third kappa shape index (κ3) is 3.43. The SMILES string of the molecule is CCCc1cc(N2CCC(C(=O)OC)CC2)ncn1. The highest BCUT2D eigenvalue weighted by Gasteiger charge is 2.26. The molecule has 1 saturated heterocycles. The molecule has 0 aliphatic carbocycles. The van der Waals surface area contributed by atoms with Crippen molar-refractivity contribution in [3.8, 4) is 0 Å². The summed E-state index contributed by atoms with van der Waals surface area (Å²) in [4.78, 5) is 22.3. The number of aryl methyl sites for hydroxylation is 1. The summed E-state index contributed by atoms with van der Waals surface area (Å²) in [6.07, 6.45) is 5.36. The number of aromatic nitrogens is 2. The Balaban J connectivity index is 1.97. The van der Waals surface area contributed by atoms with E-state index in [1.807, 2.05) is 0 Å². The highest BCUT2D eigenvalue weighted by molar-refractivity contribution is 5.72. The number of ether oxygens (including phenoxy) is 1. The molecule has 0 saturated carbocycles. The molecule has 0 atom stereocenters. The summed E-state index contributed by atoms with van der Waals surface area (Å²) in [6.45, 7) is 3.84. The van der Waals surface area contributed by atoms with Gasteiger partial charge in [-0.1, -0.05) is 13.3 Å². The molecule has 0 spiro atoms. The molecule has 0 radical (unpaired) electrons. The number of hydrogen-bond acceptors (Lipinski definition) is 5. The number of hydrogen-bond donors (Lipinski definition) is 0. The Morgan fingerprint density at radius 3 is 2.79 bits per heavy atom. The molecule has 1 aliphatic heterocycles. The van der Waals surface area contributed by atoms with Crippen LogP contribution < -0.4 is 4.90 Å². The summed E-state index contributed by atoms with van der Waals surface area (Å²) in [7, 11) is 1.45. The van der Waals surface area contributed by atoms with Crippen molar-refractivity contribution >= 4 is 11.8 Å². The van der Waals surface area contributed by atoms with Gasteiger partial charge >= 0.3 is 5.97 Å². The number of carbonyl (C=O) groups is 1. The Hall–Kier alpha value is -1.65. The second-order valence-electron chi connectivity index (χ2n) is 4.90. The molecule has 2 rings (SSSR count). The van der Waals surface area contributed by atoms with E-state index in [1.54, 1.807) is 6.33 Å². The molecule has 1 aromatic rings. The molecule has 2 heterocycles. The third-order valence-corrected chi connectivity index (χ3v) is 3.57. The third-order valence-electron chi connectivity index (χ3n) is 3.57. The number of nitrogens with zero attached hydrogens (tertiary/aromatic N) is 3. The summed E-state index contributed by atoms with van der Waals surface area (Å²) in [5.74, 6) is 0.925. The van der Waals surface area contributed by atoms with Crippen LogP contribution in [0.25, 0.3) is 0 Å². The average molecular weight is 263 g/mol. The van der Waals surface area contributed by atoms with E-state index >= 15 is 0 Å². The number of esters is 1. The summed E-state index contributed by atoms with van der Waals surface area (Å²) in [5.41, 5.74) is 1.09. The molecule has 0 N–H and O–H groups in total. The van der Waals surface area contributed by atoms with Crippen LogP contribution in [0.2, 0.25) is 0 Å². The summed E-state index contributed by atoms with van der Waals surface area (Å²) in [5, 5.41) is 0. The minimum Gasteiger partial charge on any atom is -0.469 e. The van der Waals surface area contributed by atoms with Crippen LogP contribution in [-0.2, 0) is 16.0 Å². The second kappa shape index (κ2) is 6.50. The van der Waals surface area contributed by atoms with Crippen molar-refractivity contribution < 1.29 is 9.53 Å². The molecule has 0 amide bonds. The number of carbonyl (C=O) groups excluding carboxylic acids is 1. The van der Waals surface area contributed by atoms with Crippen LogP contribution in [0.1, 0.15) is 31.9 Å². The van der Waals surface area contributed by atoms with E-state index in [-0.39, 0.29) is 11.9 Å². The number of anilines is 1. The maximum Gasteiger partial charge on any atom is 0.308 e. The van der Waals surface area contributed by atoms with Gasteiger partial charge < -0.3 is 9.64 Å². The highest BCUT2D eigenvalue weighted by atomic mass is 16.5. The fraction of sp³-hybridized carbons (Fsp3) is 0.643. The lowest BCUT2D eigenvalue weighted by Gasteiger charge is -2.31. The van der Waals surface area contributed by atoms with Gasteiger partial charge in [0.15, 0.2) is 0 Å². The lowest BCUT2D eigenvalue weighted by atomic mass is 9.97. The van der Waals surface area contributed by atoms with Crippen molar-refractivity contribution in [2.24, 2.45) is 5.92 Å². The fourth-order valence-corrected chi connectivity index (χ4v) is 2.46. The normalized spacial score (nSPS) is 16.4. The molecule has 1 aromatic heterocycles. The topological polar surface area (TPSA) is 55.3 Å². The fourth-order valence-electron chi connectivity index (χ4n) is 2.46. The number of piperidine rings is 1. The molecule has 0 aromatic carbocycles. The molecule has 1 fully saturated rings. The van der Waals surface area contributed by atoms with Crippen molar-refractivity contribution in [3.05, 3.63) is 18.1 Å². The molecule has 104 valence electrons. The summed E-state index contributed by atoms with van der Waals surface area (Å²) in [6, 6.07) is 2.06. The van der Waals surface area contributed by atoms with Gasteiger partial charge in [-0.2, -0.15) is 0 Å². The number of rotatable bonds is 4. The van der Waals surface area contributed by atoms with E-state index in [9.17, 15) is 4.79 Å². The predicted molar refractivity (Wildman–Crippen MR) is 73.0 cm³/mol. The standard InChI is InChI=1S/C14H21N3O2/c1-3-4-12-9-13(16-10-15-12)17-7-5-11(6-8-17)14(18)19-2/h9-11H,3-8H2,1-2H3. The van der Waals surface area contributed by atoms with Gasteiger partial charge in [-0.05, 0) is 19.3 Å². The van der Waals surface area contributed by atoms with E-state index in [4.69, 9.17) is 4.74 Å². The minimum atomic E-state index is -0.0889. The van der Waals surface area contributed by atoms with E-state index in [0.717, 1.165) is 50.3 Å². The minimum absolute atomic E-state index is 0.0400. The van der Waals surface area contributed by atoms with Gasteiger partial charge in [-0.25, -0.2) is 9.97 Å². The van der Waals surface area contributed by atoms with E-state index in [2.05, 4.69) is 27.9 Å². The van der Waals surface area contributed by atoms with Crippen LogP contribution in [0.4, 0.5) is 5.82 Å². The molecule has 5 heteroatoms. The maximum atomic E-state index is 11.5. The number of methoxy groups -OCH3 is 1. The van der Waals surface area contributed by atoms with Gasteiger partial charge in [0.1, 0.15) is 12.1 Å². The van der Waals surface area contributed by atoms with Crippen LogP contribution in [0.3, 0.4) is 0 Å². The highest BCUT2D eigenvalue weighted by Crippen LogP contribution is 2.22. The predicted octanol–water partition coefficient (Wildman–Crippen LogP) is 1.82. The van der Waals surface area contributed by atoms with Gasteiger partial charge in [0.2, 0.25) is 0 Å². The van der Waals surface area contributed by atoms with Crippen molar-refractivity contribution in [1.82, 2.24) is 9.97 Å². The smallest absolute Gasteiger partial charge is 0.308 e. The first-order valence-electron chi connectivity index (χ1n) is 6.88. The Labute approximate surface area is 114 Å². The van der Waals surface area contributed by atoms with Crippen LogP contribution >= 0.6 is 0 Å². The van der Waals surface area contributed by atoms with Crippen LogP contribution in [0.15, 0.2) is 12.4 Å². The summed E-state index contributed by atoms with van der Waals surface area (Å²) < 4.78 is 4.80. The molecule has 0 unspecified atom stereocenters. The molecule has 0 bridgehead atoms. The largest absolute Gasteiger partial charge is 0.469 e. The molecular formula is C14H21N3O2. The van der Waals surface area contributed by atoms with Gasteiger partial charge in [-0.3, -0.25) is 4.79 Å². The Morgan fingerprint density at radius 2 is 2.16 bits per heavy atom. The Morgan fingerprint density at radius 1 is 1.42 bits per heavy atom.